The average Bonchev–Trinajstić information content (AvgIpc) is 2.22. The molecule has 0 aliphatic heterocycles. The van der Waals surface area contributed by atoms with E-state index >= 15 is 0 Å². The molecule has 0 saturated carbocycles. The van der Waals surface area contributed by atoms with Crippen LogP contribution in [0.25, 0.3) is 10.9 Å². The number of aldehydes is 1. The number of pyridine rings is 1. The molecular weight excluding hydrogens is 200 g/mol. The van der Waals surface area contributed by atoms with E-state index in [1.807, 2.05) is 0 Å². The Bertz CT molecular complexity index is 552. The minimum Gasteiger partial charge on any atom is -0.298 e. The van der Waals surface area contributed by atoms with Gasteiger partial charge >= 0.3 is 0 Å². The van der Waals surface area contributed by atoms with Crippen LogP contribution in [0.15, 0.2) is 18.2 Å². The highest BCUT2D eigenvalue weighted by molar-refractivity contribution is 5.97. The molecule has 0 aliphatic rings. The van der Waals surface area contributed by atoms with Crippen LogP contribution < -0.4 is 0 Å². The number of aryl methyl sites for hydroxylation is 1. The summed E-state index contributed by atoms with van der Waals surface area (Å²) in [7, 11) is 0. The molecule has 0 N–H and O–H groups in total. The van der Waals surface area contributed by atoms with Gasteiger partial charge in [-0.15, -0.1) is 0 Å². The van der Waals surface area contributed by atoms with Crippen LogP contribution in [-0.2, 0) is 0 Å². The third kappa shape index (κ3) is 1.48. The van der Waals surface area contributed by atoms with Crippen molar-refractivity contribution in [2.24, 2.45) is 0 Å². The fourth-order valence-corrected chi connectivity index (χ4v) is 1.52. The van der Waals surface area contributed by atoms with Gasteiger partial charge in [-0.05, 0) is 25.1 Å². The summed E-state index contributed by atoms with van der Waals surface area (Å²) in [6, 6.07) is 3.41. The number of fused-ring (bicyclic) bond motifs is 1. The quantitative estimate of drug-likeness (QED) is 0.673. The van der Waals surface area contributed by atoms with Gasteiger partial charge in [0.2, 0.25) is 0 Å². The van der Waals surface area contributed by atoms with Crippen molar-refractivity contribution in [3.05, 3.63) is 41.1 Å². The van der Waals surface area contributed by atoms with Gasteiger partial charge < -0.3 is 0 Å². The first-order chi connectivity index (χ1) is 7.13. The number of hydrogen-bond donors (Lipinski definition) is 0. The standard InChI is InChI=1S/C11H7F2NO/c1-6-4-7(5-15)10-8(12)2-3-9(13)11(10)14-6/h2-5H,1H3. The van der Waals surface area contributed by atoms with Crippen LogP contribution in [0.1, 0.15) is 16.1 Å². The van der Waals surface area contributed by atoms with Gasteiger partial charge in [0.1, 0.15) is 17.2 Å². The Labute approximate surface area is 84.6 Å². The lowest BCUT2D eigenvalue weighted by atomic mass is 10.1. The third-order valence-corrected chi connectivity index (χ3v) is 2.15. The highest BCUT2D eigenvalue weighted by atomic mass is 19.1. The number of hydrogen-bond acceptors (Lipinski definition) is 2. The number of nitrogens with zero attached hydrogens (tertiary/aromatic N) is 1. The topological polar surface area (TPSA) is 30.0 Å². The summed E-state index contributed by atoms with van der Waals surface area (Å²) in [4.78, 5) is 14.6. The molecule has 0 saturated heterocycles. The number of halogens is 2. The van der Waals surface area contributed by atoms with Gasteiger partial charge in [-0.2, -0.15) is 0 Å². The van der Waals surface area contributed by atoms with Gasteiger partial charge in [0.05, 0.1) is 0 Å². The second-order valence-corrected chi connectivity index (χ2v) is 3.22. The summed E-state index contributed by atoms with van der Waals surface area (Å²) >= 11 is 0. The maximum absolute atomic E-state index is 13.4. The molecule has 0 bridgehead atoms. The zero-order valence-corrected chi connectivity index (χ0v) is 7.92. The number of benzene rings is 1. The van der Waals surface area contributed by atoms with Crippen LogP contribution in [-0.4, -0.2) is 11.3 Å². The second kappa shape index (κ2) is 3.38. The maximum Gasteiger partial charge on any atom is 0.150 e. The summed E-state index contributed by atoms with van der Waals surface area (Å²) in [6.45, 7) is 1.62. The molecule has 0 unspecified atom stereocenters. The fraction of sp³-hybridized carbons (Fsp3) is 0.0909. The van der Waals surface area contributed by atoms with Crippen molar-refractivity contribution in [1.82, 2.24) is 4.98 Å². The monoisotopic (exact) mass is 207 g/mol. The number of carbonyl (C=O) groups is 1. The Kier molecular flexibility index (Phi) is 2.19. The molecule has 0 atom stereocenters. The third-order valence-electron chi connectivity index (χ3n) is 2.15. The Balaban J connectivity index is 3.01. The van der Waals surface area contributed by atoms with Crippen molar-refractivity contribution in [3.63, 3.8) is 0 Å². The largest absolute Gasteiger partial charge is 0.298 e. The van der Waals surface area contributed by atoms with E-state index in [1.165, 1.54) is 6.07 Å². The molecule has 1 aromatic heterocycles. The van der Waals surface area contributed by atoms with Crippen molar-refractivity contribution in [2.75, 3.05) is 0 Å². The molecule has 0 fully saturated rings. The van der Waals surface area contributed by atoms with Gasteiger partial charge in [0.15, 0.2) is 6.29 Å². The van der Waals surface area contributed by atoms with E-state index in [0.29, 0.717) is 12.0 Å². The minimum absolute atomic E-state index is 0.0596. The smallest absolute Gasteiger partial charge is 0.150 e. The van der Waals surface area contributed by atoms with E-state index in [9.17, 15) is 13.6 Å². The Hall–Kier alpha value is -1.84. The summed E-state index contributed by atoms with van der Waals surface area (Å²) in [6.07, 6.45) is 0.500. The van der Waals surface area contributed by atoms with Crippen molar-refractivity contribution >= 4 is 17.2 Å². The molecule has 2 nitrogen and oxygen atoms in total. The molecule has 15 heavy (non-hydrogen) atoms. The minimum atomic E-state index is -0.638. The molecular formula is C11H7F2NO. The maximum atomic E-state index is 13.4. The first-order valence-electron chi connectivity index (χ1n) is 4.34. The van der Waals surface area contributed by atoms with E-state index in [2.05, 4.69) is 4.98 Å². The molecule has 1 heterocycles. The zero-order chi connectivity index (χ0) is 11.0. The number of carbonyl (C=O) groups excluding carboxylic acids is 1. The van der Waals surface area contributed by atoms with E-state index < -0.39 is 11.6 Å². The summed E-state index contributed by atoms with van der Waals surface area (Å²) < 4.78 is 26.7. The Morgan fingerprint density at radius 1 is 1.27 bits per heavy atom. The summed E-state index contributed by atoms with van der Waals surface area (Å²) in [5, 5.41) is -0.0596. The first kappa shape index (κ1) is 9.71. The molecule has 0 radical (unpaired) electrons. The van der Waals surface area contributed by atoms with Gasteiger partial charge in [-0.3, -0.25) is 4.79 Å². The predicted molar refractivity (Wildman–Crippen MR) is 51.8 cm³/mol. The zero-order valence-electron chi connectivity index (χ0n) is 7.92. The van der Waals surface area contributed by atoms with Crippen LogP contribution in [0.5, 0.6) is 0 Å². The number of rotatable bonds is 1. The van der Waals surface area contributed by atoms with E-state index in [0.717, 1.165) is 12.1 Å². The SMILES string of the molecule is Cc1cc(C=O)c2c(F)ccc(F)c2n1. The Morgan fingerprint density at radius 3 is 2.60 bits per heavy atom. The van der Waals surface area contributed by atoms with Crippen LogP contribution in [0.4, 0.5) is 8.78 Å². The first-order valence-corrected chi connectivity index (χ1v) is 4.34. The molecule has 0 amide bonds. The lowest BCUT2D eigenvalue weighted by molar-refractivity contribution is 0.112. The van der Waals surface area contributed by atoms with Gasteiger partial charge in [-0.1, -0.05) is 0 Å². The van der Waals surface area contributed by atoms with Gasteiger partial charge in [0, 0.05) is 16.6 Å². The van der Waals surface area contributed by atoms with Crippen molar-refractivity contribution in [3.8, 4) is 0 Å². The van der Waals surface area contributed by atoms with Crippen molar-refractivity contribution in [1.29, 1.82) is 0 Å². The van der Waals surface area contributed by atoms with Gasteiger partial charge in [0.25, 0.3) is 0 Å². The molecule has 4 heteroatoms. The van der Waals surface area contributed by atoms with Crippen LogP contribution >= 0.6 is 0 Å². The molecule has 2 aromatic rings. The second-order valence-electron chi connectivity index (χ2n) is 3.22. The average molecular weight is 207 g/mol. The highest BCUT2D eigenvalue weighted by Gasteiger charge is 2.12. The van der Waals surface area contributed by atoms with Crippen molar-refractivity contribution < 1.29 is 13.6 Å². The van der Waals surface area contributed by atoms with Crippen LogP contribution in [0.2, 0.25) is 0 Å². The van der Waals surface area contributed by atoms with E-state index in [1.54, 1.807) is 6.92 Å². The molecule has 0 aliphatic carbocycles. The summed E-state index contributed by atoms with van der Waals surface area (Å²) in [5.74, 6) is -1.26. The number of aromatic nitrogens is 1. The van der Waals surface area contributed by atoms with Crippen LogP contribution in [0.3, 0.4) is 0 Å². The lowest BCUT2D eigenvalue weighted by Crippen LogP contribution is -1.95. The normalized spacial score (nSPS) is 10.6. The predicted octanol–water partition coefficient (Wildman–Crippen LogP) is 2.63. The molecule has 76 valence electrons. The van der Waals surface area contributed by atoms with E-state index in [4.69, 9.17) is 0 Å². The van der Waals surface area contributed by atoms with Gasteiger partial charge in [-0.25, -0.2) is 13.8 Å². The molecule has 1 aromatic carbocycles. The molecule has 2 rings (SSSR count). The van der Waals surface area contributed by atoms with E-state index in [-0.39, 0.29) is 16.5 Å². The van der Waals surface area contributed by atoms with Crippen LogP contribution in [0, 0.1) is 18.6 Å². The summed E-state index contributed by atoms with van der Waals surface area (Å²) in [5.41, 5.74) is 0.501. The Morgan fingerprint density at radius 2 is 1.93 bits per heavy atom. The van der Waals surface area contributed by atoms with Crippen molar-refractivity contribution in [2.45, 2.75) is 6.92 Å². The lowest BCUT2D eigenvalue weighted by Gasteiger charge is -2.04. The molecule has 0 spiro atoms. The fourth-order valence-electron chi connectivity index (χ4n) is 1.52. The highest BCUT2D eigenvalue weighted by Crippen LogP contribution is 2.22.